The molecule has 6 heteroatoms. The number of aromatic nitrogens is 1. The van der Waals surface area contributed by atoms with E-state index in [0.29, 0.717) is 27.9 Å². The monoisotopic (exact) mass is 339 g/mol. The van der Waals surface area contributed by atoms with E-state index < -0.39 is 18.0 Å². The summed E-state index contributed by atoms with van der Waals surface area (Å²) in [6, 6.07) is 12.4. The molecule has 0 radical (unpaired) electrons. The number of benzene rings is 1. The van der Waals surface area contributed by atoms with Crippen molar-refractivity contribution < 1.29 is 23.5 Å². The molecule has 0 saturated carbocycles. The topological polar surface area (TPSA) is 78.6 Å². The molecule has 128 valence electrons. The average molecular weight is 339 g/mol. The maximum Gasteiger partial charge on any atom is 0.346 e. The first-order valence-corrected chi connectivity index (χ1v) is 7.75. The van der Waals surface area contributed by atoms with E-state index >= 15 is 0 Å². The summed E-state index contributed by atoms with van der Waals surface area (Å²) in [7, 11) is 1.24. The third-order valence-electron chi connectivity index (χ3n) is 3.75. The molecule has 0 bridgehead atoms. The second-order valence-corrected chi connectivity index (χ2v) is 5.55. The van der Waals surface area contributed by atoms with Gasteiger partial charge in [0, 0.05) is 5.39 Å². The number of esters is 2. The Morgan fingerprint density at radius 1 is 1.16 bits per heavy atom. The van der Waals surface area contributed by atoms with Crippen molar-refractivity contribution in [3.05, 3.63) is 53.8 Å². The zero-order chi connectivity index (χ0) is 18.0. The fraction of sp³-hybridized carbons (Fsp3) is 0.211. The van der Waals surface area contributed by atoms with Crippen LogP contribution in [0.1, 0.15) is 23.0 Å². The van der Waals surface area contributed by atoms with Crippen molar-refractivity contribution in [1.29, 1.82) is 0 Å². The maximum absolute atomic E-state index is 12.6. The van der Waals surface area contributed by atoms with Crippen LogP contribution in [0, 0.1) is 6.92 Å². The summed E-state index contributed by atoms with van der Waals surface area (Å²) in [6.45, 7) is 3.29. The van der Waals surface area contributed by atoms with Crippen molar-refractivity contribution in [2.45, 2.75) is 20.0 Å². The summed E-state index contributed by atoms with van der Waals surface area (Å²) in [6.07, 6.45) is -1.00. The van der Waals surface area contributed by atoms with E-state index in [-0.39, 0.29) is 0 Å². The number of hydrogen-bond donors (Lipinski definition) is 0. The van der Waals surface area contributed by atoms with Crippen molar-refractivity contribution in [3.8, 4) is 11.5 Å². The van der Waals surface area contributed by atoms with Crippen molar-refractivity contribution in [2.75, 3.05) is 7.11 Å². The minimum Gasteiger partial charge on any atom is -0.466 e. The molecule has 0 aliphatic heterocycles. The van der Waals surface area contributed by atoms with Crippen LogP contribution in [0.3, 0.4) is 0 Å². The lowest BCUT2D eigenvalue weighted by Crippen LogP contribution is -2.25. The van der Waals surface area contributed by atoms with Crippen LogP contribution in [0.15, 0.2) is 46.9 Å². The molecule has 2 aromatic heterocycles. The number of carbonyl (C=O) groups excluding carboxylic acids is 2. The molecule has 1 atom stereocenters. The highest BCUT2D eigenvalue weighted by molar-refractivity contribution is 6.05. The zero-order valence-corrected chi connectivity index (χ0v) is 14.1. The van der Waals surface area contributed by atoms with Crippen molar-refractivity contribution in [2.24, 2.45) is 0 Å². The molecule has 0 amide bonds. The van der Waals surface area contributed by atoms with Crippen molar-refractivity contribution in [1.82, 2.24) is 4.98 Å². The highest BCUT2D eigenvalue weighted by Gasteiger charge is 2.22. The van der Waals surface area contributed by atoms with Gasteiger partial charge in [0.15, 0.2) is 11.9 Å². The number of fused-ring (bicyclic) bond motifs is 1. The molecule has 0 aliphatic carbocycles. The molecule has 3 aromatic rings. The van der Waals surface area contributed by atoms with E-state index in [1.54, 1.807) is 30.3 Å². The van der Waals surface area contributed by atoms with Gasteiger partial charge in [-0.05, 0) is 38.1 Å². The van der Waals surface area contributed by atoms with Gasteiger partial charge in [0.1, 0.15) is 11.5 Å². The highest BCUT2D eigenvalue weighted by atomic mass is 16.6. The Balaban J connectivity index is 2.06. The van der Waals surface area contributed by atoms with E-state index in [2.05, 4.69) is 9.72 Å². The Kier molecular flexibility index (Phi) is 4.52. The van der Waals surface area contributed by atoms with Crippen molar-refractivity contribution >= 4 is 22.8 Å². The first kappa shape index (κ1) is 16.7. The molecule has 25 heavy (non-hydrogen) atoms. The first-order valence-electron chi connectivity index (χ1n) is 7.75. The van der Waals surface area contributed by atoms with Gasteiger partial charge >= 0.3 is 11.9 Å². The average Bonchev–Trinajstić information content (AvgIpc) is 3.06. The maximum atomic E-state index is 12.6. The van der Waals surface area contributed by atoms with Gasteiger partial charge in [-0.15, -0.1) is 0 Å². The standard InChI is InChI=1S/C19H17NO5/c1-11-8-9-17(24-11)16-10-14(13-6-4-5-7-15(13)20-16)19(22)25-12(2)18(21)23-3/h4-10,12H,1-3H3. The molecular formula is C19H17NO5. The molecular weight excluding hydrogens is 322 g/mol. The predicted octanol–water partition coefficient (Wildman–Crippen LogP) is 3.52. The van der Waals surface area contributed by atoms with Crippen LogP contribution < -0.4 is 0 Å². The van der Waals surface area contributed by atoms with Gasteiger partial charge in [-0.3, -0.25) is 0 Å². The SMILES string of the molecule is COC(=O)C(C)OC(=O)c1cc(-c2ccc(C)o2)nc2ccccc12. The minimum absolute atomic E-state index is 0.311. The number of rotatable bonds is 4. The number of ether oxygens (including phenoxy) is 2. The largest absolute Gasteiger partial charge is 0.466 e. The molecule has 0 fully saturated rings. The summed E-state index contributed by atoms with van der Waals surface area (Å²) in [5.74, 6) is 0.0568. The fourth-order valence-electron chi connectivity index (χ4n) is 2.48. The summed E-state index contributed by atoms with van der Waals surface area (Å²) in [5.41, 5.74) is 1.46. The molecule has 3 rings (SSSR count). The predicted molar refractivity (Wildman–Crippen MR) is 91.1 cm³/mol. The minimum atomic E-state index is -1.00. The van der Waals surface area contributed by atoms with E-state index in [0.717, 1.165) is 5.76 Å². The van der Waals surface area contributed by atoms with Gasteiger partial charge in [0.2, 0.25) is 0 Å². The number of hydrogen-bond acceptors (Lipinski definition) is 6. The molecule has 1 unspecified atom stereocenters. The van der Waals surface area contributed by atoms with E-state index in [4.69, 9.17) is 9.15 Å². The van der Waals surface area contributed by atoms with E-state index in [9.17, 15) is 9.59 Å². The number of pyridine rings is 1. The third-order valence-corrected chi connectivity index (χ3v) is 3.75. The Morgan fingerprint density at radius 2 is 1.92 bits per heavy atom. The van der Waals surface area contributed by atoms with E-state index in [1.165, 1.54) is 14.0 Å². The van der Waals surface area contributed by atoms with Crippen LogP contribution in [-0.2, 0) is 14.3 Å². The number of furan rings is 1. The quantitative estimate of drug-likeness (QED) is 0.677. The van der Waals surface area contributed by atoms with Gasteiger partial charge in [0.25, 0.3) is 0 Å². The lowest BCUT2D eigenvalue weighted by Gasteiger charge is -2.13. The molecule has 2 heterocycles. The molecule has 6 nitrogen and oxygen atoms in total. The number of methoxy groups -OCH3 is 1. The Hall–Kier alpha value is -3.15. The molecule has 0 saturated heterocycles. The lowest BCUT2D eigenvalue weighted by molar-refractivity contribution is -0.149. The smallest absolute Gasteiger partial charge is 0.346 e. The Morgan fingerprint density at radius 3 is 2.60 bits per heavy atom. The van der Waals surface area contributed by atoms with Gasteiger partial charge in [-0.2, -0.15) is 0 Å². The van der Waals surface area contributed by atoms with Gasteiger partial charge < -0.3 is 13.9 Å². The first-order chi connectivity index (χ1) is 12.0. The van der Waals surface area contributed by atoms with E-state index in [1.807, 2.05) is 19.1 Å². The Labute approximate surface area is 144 Å². The molecule has 0 aliphatic rings. The third kappa shape index (κ3) is 3.38. The normalized spacial score (nSPS) is 12.0. The molecule has 1 aromatic carbocycles. The van der Waals surface area contributed by atoms with Gasteiger partial charge in [0.05, 0.1) is 18.2 Å². The van der Waals surface area contributed by atoms with Crippen molar-refractivity contribution in [3.63, 3.8) is 0 Å². The van der Waals surface area contributed by atoms with Crippen LogP contribution in [0.4, 0.5) is 0 Å². The summed E-state index contributed by atoms with van der Waals surface area (Å²) < 4.78 is 15.4. The lowest BCUT2D eigenvalue weighted by atomic mass is 10.1. The number of carbonyl (C=O) groups is 2. The zero-order valence-electron chi connectivity index (χ0n) is 14.1. The molecule has 0 N–H and O–H groups in total. The Bertz CT molecular complexity index is 944. The number of para-hydroxylation sites is 1. The summed E-state index contributed by atoms with van der Waals surface area (Å²) >= 11 is 0. The van der Waals surface area contributed by atoms with Gasteiger partial charge in [-0.25, -0.2) is 14.6 Å². The number of nitrogens with zero attached hydrogens (tertiary/aromatic N) is 1. The summed E-state index contributed by atoms with van der Waals surface area (Å²) in [4.78, 5) is 28.6. The van der Waals surface area contributed by atoms with Crippen LogP contribution in [0.5, 0.6) is 0 Å². The van der Waals surface area contributed by atoms with Crippen LogP contribution >= 0.6 is 0 Å². The van der Waals surface area contributed by atoms with Crippen LogP contribution in [0.25, 0.3) is 22.4 Å². The van der Waals surface area contributed by atoms with Crippen LogP contribution in [-0.4, -0.2) is 30.1 Å². The van der Waals surface area contributed by atoms with Gasteiger partial charge in [-0.1, -0.05) is 18.2 Å². The molecule has 0 spiro atoms. The summed E-state index contributed by atoms with van der Waals surface area (Å²) in [5, 5.41) is 0.636. The number of aryl methyl sites for hydroxylation is 1. The highest BCUT2D eigenvalue weighted by Crippen LogP contribution is 2.27. The second-order valence-electron chi connectivity index (χ2n) is 5.55. The second kappa shape index (κ2) is 6.76. The fourth-order valence-corrected chi connectivity index (χ4v) is 2.48. The van der Waals surface area contributed by atoms with Crippen LogP contribution in [0.2, 0.25) is 0 Å².